The van der Waals surface area contributed by atoms with E-state index in [4.69, 9.17) is 19.9 Å². The molecule has 1 aliphatic heterocycles. The first kappa shape index (κ1) is 20.3. The van der Waals surface area contributed by atoms with Crippen molar-refractivity contribution in [3.05, 3.63) is 16.7 Å². The summed E-state index contributed by atoms with van der Waals surface area (Å²) in [6.07, 6.45) is -2.37. The fraction of sp³-hybridized carbons (Fsp3) is 0.611. The minimum atomic E-state index is -1.83. The molecule has 1 aliphatic carbocycles. The first-order valence-electron chi connectivity index (χ1n) is 9.59. The number of hydrogen-bond donors (Lipinski definition) is 1. The van der Waals surface area contributed by atoms with Crippen molar-refractivity contribution in [3.63, 3.8) is 0 Å². The zero-order valence-electron chi connectivity index (χ0n) is 16.5. The van der Waals surface area contributed by atoms with Crippen LogP contribution in [0.25, 0.3) is 11.2 Å². The van der Waals surface area contributed by atoms with Crippen molar-refractivity contribution in [3.8, 4) is 0 Å². The van der Waals surface area contributed by atoms with Gasteiger partial charge in [-0.3, -0.25) is 14.2 Å². The summed E-state index contributed by atoms with van der Waals surface area (Å²) in [5.74, 6) is -1.07. The lowest BCUT2D eigenvalue weighted by atomic mass is 10.1. The van der Waals surface area contributed by atoms with Crippen LogP contribution in [0.1, 0.15) is 32.9 Å². The highest BCUT2D eigenvalue weighted by atomic mass is 19.1. The number of alkyl halides is 1. The molecule has 162 valence electrons. The van der Waals surface area contributed by atoms with Gasteiger partial charge in [0.2, 0.25) is 5.95 Å². The van der Waals surface area contributed by atoms with Crippen molar-refractivity contribution in [1.29, 1.82) is 0 Å². The largest absolute Gasteiger partial charge is 0.463 e. The average molecular weight is 423 g/mol. The standard InChI is InChI=1S/C18H22FN5O6/c1-8(25)28-7-12-13(19)14(29-9(2)26)16(30-12)24-15-11(5-21-17(20)22-15)23(18(24)27)6-10-3-4-10/h5,10,12-14,16H,3-4,6-7H2,1-2H3,(H2,20,21,22)/t12-,13-,14-,16-/m1/s1. The van der Waals surface area contributed by atoms with E-state index in [0.29, 0.717) is 18.0 Å². The normalized spacial score (nSPS) is 26.1. The van der Waals surface area contributed by atoms with E-state index < -0.39 is 48.8 Å². The second-order valence-electron chi connectivity index (χ2n) is 7.53. The van der Waals surface area contributed by atoms with E-state index in [0.717, 1.165) is 24.3 Å². The summed E-state index contributed by atoms with van der Waals surface area (Å²) in [5, 5.41) is 0. The highest BCUT2D eigenvalue weighted by molar-refractivity contribution is 5.72. The molecule has 4 atom stereocenters. The molecule has 2 aromatic rings. The van der Waals surface area contributed by atoms with Crippen molar-refractivity contribution >= 4 is 29.1 Å². The zero-order valence-corrected chi connectivity index (χ0v) is 16.5. The average Bonchev–Trinajstić information content (AvgIpc) is 3.39. The molecule has 0 spiro atoms. The van der Waals surface area contributed by atoms with E-state index in [-0.39, 0.29) is 11.6 Å². The molecule has 2 aliphatic rings. The first-order chi connectivity index (χ1) is 14.3. The van der Waals surface area contributed by atoms with E-state index in [1.165, 1.54) is 17.7 Å². The molecular formula is C18H22FN5O6. The maximum Gasteiger partial charge on any atom is 0.332 e. The molecule has 2 N–H and O–H groups in total. The van der Waals surface area contributed by atoms with Crippen LogP contribution in [0.5, 0.6) is 0 Å². The van der Waals surface area contributed by atoms with Crippen LogP contribution in [0, 0.1) is 5.92 Å². The Balaban J connectivity index is 1.78. The van der Waals surface area contributed by atoms with Gasteiger partial charge in [0, 0.05) is 20.4 Å². The molecular weight excluding hydrogens is 401 g/mol. The number of anilines is 1. The predicted molar refractivity (Wildman–Crippen MR) is 99.9 cm³/mol. The highest BCUT2D eigenvalue weighted by Gasteiger charge is 2.50. The second kappa shape index (κ2) is 7.67. The third kappa shape index (κ3) is 3.74. The summed E-state index contributed by atoms with van der Waals surface area (Å²) in [6.45, 7) is 2.37. The van der Waals surface area contributed by atoms with Crippen molar-refractivity contribution in [2.45, 2.75) is 57.8 Å². The Morgan fingerprint density at radius 1 is 1.33 bits per heavy atom. The molecule has 0 amide bonds. The first-order valence-corrected chi connectivity index (χ1v) is 9.59. The molecule has 0 aromatic carbocycles. The van der Waals surface area contributed by atoms with Crippen LogP contribution in [0.2, 0.25) is 0 Å². The summed E-state index contributed by atoms with van der Waals surface area (Å²) < 4.78 is 33.4. The zero-order chi connectivity index (χ0) is 21.6. The van der Waals surface area contributed by atoms with Crippen molar-refractivity contribution < 1.29 is 28.2 Å². The van der Waals surface area contributed by atoms with Crippen LogP contribution in [0.3, 0.4) is 0 Å². The quantitative estimate of drug-likeness (QED) is 0.650. The van der Waals surface area contributed by atoms with Crippen LogP contribution in [-0.2, 0) is 30.3 Å². The predicted octanol–water partition coefficient (Wildman–Crippen LogP) is 0.316. The summed E-state index contributed by atoms with van der Waals surface area (Å²) in [5.41, 5.74) is 5.78. The number of nitrogens with zero attached hydrogens (tertiary/aromatic N) is 4. The minimum absolute atomic E-state index is 0.0740. The number of esters is 2. The van der Waals surface area contributed by atoms with Crippen LogP contribution < -0.4 is 11.4 Å². The molecule has 1 saturated carbocycles. The highest BCUT2D eigenvalue weighted by Crippen LogP contribution is 2.36. The van der Waals surface area contributed by atoms with Crippen LogP contribution in [0.4, 0.5) is 10.3 Å². The molecule has 30 heavy (non-hydrogen) atoms. The maximum atomic E-state index is 15.1. The van der Waals surface area contributed by atoms with Gasteiger partial charge in [-0.2, -0.15) is 4.98 Å². The molecule has 0 unspecified atom stereocenters. The number of imidazole rings is 1. The van der Waals surface area contributed by atoms with Gasteiger partial charge >= 0.3 is 17.6 Å². The van der Waals surface area contributed by atoms with Crippen molar-refractivity contribution in [2.75, 3.05) is 12.3 Å². The van der Waals surface area contributed by atoms with Gasteiger partial charge in [0.05, 0.1) is 6.20 Å². The Morgan fingerprint density at radius 3 is 2.70 bits per heavy atom. The number of ether oxygens (including phenoxy) is 3. The topological polar surface area (TPSA) is 141 Å². The molecule has 2 aromatic heterocycles. The van der Waals surface area contributed by atoms with E-state index in [1.807, 2.05) is 0 Å². The Morgan fingerprint density at radius 2 is 2.07 bits per heavy atom. The van der Waals surface area contributed by atoms with Gasteiger partial charge in [-0.15, -0.1) is 0 Å². The molecule has 2 fully saturated rings. The monoisotopic (exact) mass is 423 g/mol. The maximum absolute atomic E-state index is 15.1. The Hall–Kier alpha value is -3.02. The van der Waals surface area contributed by atoms with Gasteiger partial charge in [0.1, 0.15) is 18.2 Å². The summed E-state index contributed by atoms with van der Waals surface area (Å²) in [6, 6.07) is 0. The minimum Gasteiger partial charge on any atom is -0.463 e. The number of carbonyl (C=O) groups is 2. The van der Waals surface area contributed by atoms with E-state index in [1.54, 1.807) is 0 Å². The summed E-state index contributed by atoms with van der Waals surface area (Å²) >= 11 is 0. The number of fused-ring (bicyclic) bond motifs is 1. The van der Waals surface area contributed by atoms with Crippen LogP contribution in [0.15, 0.2) is 11.0 Å². The molecule has 11 nitrogen and oxygen atoms in total. The number of nitrogen functional groups attached to an aromatic ring is 1. The third-order valence-corrected chi connectivity index (χ3v) is 5.13. The molecule has 1 saturated heterocycles. The fourth-order valence-electron chi connectivity index (χ4n) is 3.59. The molecule has 0 bridgehead atoms. The fourth-order valence-corrected chi connectivity index (χ4v) is 3.59. The van der Waals surface area contributed by atoms with Crippen LogP contribution >= 0.6 is 0 Å². The number of aromatic nitrogens is 4. The molecule has 4 rings (SSSR count). The van der Waals surface area contributed by atoms with E-state index in [9.17, 15) is 14.4 Å². The molecule has 3 heterocycles. The number of carbonyl (C=O) groups excluding carboxylic acids is 2. The smallest absolute Gasteiger partial charge is 0.332 e. The number of nitrogens with two attached hydrogens (primary N) is 1. The van der Waals surface area contributed by atoms with Crippen molar-refractivity contribution in [2.24, 2.45) is 5.92 Å². The Bertz CT molecular complexity index is 1050. The van der Waals surface area contributed by atoms with Gasteiger partial charge < -0.3 is 19.9 Å². The summed E-state index contributed by atoms with van der Waals surface area (Å²) in [4.78, 5) is 44.1. The number of halogens is 1. The number of rotatable bonds is 6. The van der Waals surface area contributed by atoms with Gasteiger partial charge in [-0.1, -0.05) is 0 Å². The van der Waals surface area contributed by atoms with Gasteiger partial charge in [0.25, 0.3) is 0 Å². The number of hydrogen-bond acceptors (Lipinski definition) is 9. The van der Waals surface area contributed by atoms with E-state index in [2.05, 4.69) is 9.97 Å². The Kier molecular flexibility index (Phi) is 5.18. The van der Waals surface area contributed by atoms with Gasteiger partial charge in [-0.25, -0.2) is 18.7 Å². The summed E-state index contributed by atoms with van der Waals surface area (Å²) in [7, 11) is 0. The van der Waals surface area contributed by atoms with Gasteiger partial charge in [0.15, 0.2) is 24.2 Å². The lowest BCUT2D eigenvalue weighted by Gasteiger charge is -2.19. The van der Waals surface area contributed by atoms with E-state index >= 15 is 4.39 Å². The molecule has 0 radical (unpaired) electrons. The van der Waals surface area contributed by atoms with Crippen molar-refractivity contribution in [1.82, 2.24) is 19.1 Å². The lowest BCUT2D eigenvalue weighted by molar-refractivity contribution is -0.154. The molecule has 12 heteroatoms. The lowest BCUT2D eigenvalue weighted by Crippen LogP contribution is -2.37. The SMILES string of the molecule is CC(=O)OC[C@H]1O[C@@H](n2c(=O)n(CC3CC3)c3cnc(N)nc32)[C@H](OC(C)=O)[C@@H]1F. The van der Waals surface area contributed by atoms with Gasteiger partial charge in [-0.05, 0) is 18.8 Å². The second-order valence-corrected chi connectivity index (χ2v) is 7.53. The third-order valence-electron chi connectivity index (χ3n) is 5.13. The Labute approximate surface area is 169 Å². The van der Waals surface area contributed by atoms with Crippen LogP contribution in [-0.4, -0.2) is 56.0 Å².